The first-order valence-electron chi connectivity index (χ1n) is 6.13. The van der Waals surface area contributed by atoms with Crippen LogP contribution in [0.2, 0.25) is 5.02 Å². The molecule has 0 saturated heterocycles. The summed E-state index contributed by atoms with van der Waals surface area (Å²) in [5.41, 5.74) is -0.268. The number of rotatable bonds is 5. The van der Waals surface area contributed by atoms with Crippen molar-refractivity contribution in [2.45, 2.75) is 19.3 Å². The van der Waals surface area contributed by atoms with Gasteiger partial charge >= 0.3 is 6.18 Å². The summed E-state index contributed by atoms with van der Waals surface area (Å²) in [6.45, 7) is 0.426. The number of aliphatic hydroxyl groups is 1. The smallest absolute Gasteiger partial charge is 0.394 e. The summed E-state index contributed by atoms with van der Waals surface area (Å²) in [5.74, 6) is 0. The van der Waals surface area contributed by atoms with Gasteiger partial charge in [0.05, 0.1) is 35.6 Å². The fraction of sp³-hybridized carbons (Fsp3) is 0.308. The van der Waals surface area contributed by atoms with E-state index < -0.39 is 11.7 Å². The van der Waals surface area contributed by atoms with Crippen LogP contribution in [0.1, 0.15) is 11.1 Å². The van der Waals surface area contributed by atoms with Crippen LogP contribution in [0.5, 0.6) is 0 Å². The number of hydrogen-bond acceptors (Lipinski definition) is 3. The van der Waals surface area contributed by atoms with Crippen LogP contribution in [0.25, 0.3) is 0 Å². The van der Waals surface area contributed by atoms with Crippen molar-refractivity contribution >= 4 is 17.3 Å². The third-order valence-corrected chi connectivity index (χ3v) is 3.12. The summed E-state index contributed by atoms with van der Waals surface area (Å²) in [5, 5.41) is 15.5. The SMILES string of the molecule is OCCn1cc(CNc2c(Cl)cccc2C(F)(F)F)cn1. The highest BCUT2D eigenvalue weighted by atomic mass is 35.5. The van der Waals surface area contributed by atoms with Gasteiger partial charge in [-0.15, -0.1) is 0 Å². The molecule has 0 saturated carbocycles. The molecule has 8 heteroatoms. The Morgan fingerprint density at radius 1 is 1.33 bits per heavy atom. The Kier molecular flexibility index (Phi) is 4.74. The van der Waals surface area contributed by atoms with Crippen molar-refractivity contribution in [1.82, 2.24) is 9.78 Å². The zero-order chi connectivity index (χ0) is 15.5. The number of para-hydroxylation sites is 1. The molecular weight excluding hydrogens is 307 g/mol. The van der Waals surface area contributed by atoms with Crippen LogP contribution in [0.15, 0.2) is 30.6 Å². The Balaban J connectivity index is 2.15. The molecule has 2 rings (SSSR count). The lowest BCUT2D eigenvalue weighted by Gasteiger charge is -2.15. The second kappa shape index (κ2) is 6.36. The van der Waals surface area contributed by atoms with Gasteiger partial charge in [-0.1, -0.05) is 17.7 Å². The molecule has 1 heterocycles. The highest BCUT2D eigenvalue weighted by molar-refractivity contribution is 6.33. The number of aromatic nitrogens is 2. The van der Waals surface area contributed by atoms with Gasteiger partial charge in [-0.2, -0.15) is 18.3 Å². The normalized spacial score (nSPS) is 11.7. The van der Waals surface area contributed by atoms with Crippen LogP contribution >= 0.6 is 11.6 Å². The predicted octanol–water partition coefficient (Wildman–Crippen LogP) is 3.16. The van der Waals surface area contributed by atoms with E-state index in [0.717, 1.165) is 6.07 Å². The number of nitrogens with one attached hydrogen (secondary N) is 1. The second-order valence-electron chi connectivity index (χ2n) is 4.35. The number of nitrogens with zero attached hydrogens (tertiary/aromatic N) is 2. The van der Waals surface area contributed by atoms with Crippen molar-refractivity contribution in [3.8, 4) is 0 Å². The van der Waals surface area contributed by atoms with Gasteiger partial charge in [-0.05, 0) is 12.1 Å². The molecule has 0 bridgehead atoms. The van der Waals surface area contributed by atoms with Crippen LogP contribution < -0.4 is 5.32 Å². The molecule has 0 aliphatic carbocycles. The van der Waals surface area contributed by atoms with Gasteiger partial charge in [0.2, 0.25) is 0 Å². The van der Waals surface area contributed by atoms with Gasteiger partial charge in [-0.25, -0.2) is 0 Å². The molecule has 114 valence electrons. The number of benzene rings is 1. The fourth-order valence-electron chi connectivity index (χ4n) is 1.85. The first-order valence-corrected chi connectivity index (χ1v) is 6.51. The molecule has 4 nitrogen and oxygen atoms in total. The van der Waals surface area contributed by atoms with Crippen LogP contribution in [0.3, 0.4) is 0 Å². The topological polar surface area (TPSA) is 50.1 Å². The van der Waals surface area contributed by atoms with Crippen molar-refractivity contribution in [1.29, 1.82) is 0 Å². The van der Waals surface area contributed by atoms with Crippen LogP contribution in [-0.4, -0.2) is 21.5 Å². The van der Waals surface area contributed by atoms with Crippen molar-refractivity contribution in [2.24, 2.45) is 0 Å². The van der Waals surface area contributed by atoms with Crippen molar-refractivity contribution in [3.05, 3.63) is 46.7 Å². The first-order chi connectivity index (χ1) is 9.91. The number of halogens is 4. The third-order valence-electron chi connectivity index (χ3n) is 2.80. The Morgan fingerprint density at radius 2 is 2.10 bits per heavy atom. The minimum atomic E-state index is -4.48. The Labute approximate surface area is 124 Å². The number of hydrogen-bond donors (Lipinski definition) is 2. The lowest BCUT2D eigenvalue weighted by Crippen LogP contribution is -2.11. The molecule has 2 aromatic rings. The summed E-state index contributed by atoms with van der Waals surface area (Å²) in [4.78, 5) is 0. The van der Waals surface area contributed by atoms with E-state index in [1.165, 1.54) is 23.0 Å². The molecule has 21 heavy (non-hydrogen) atoms. The highest BCUT2D eigenvalue weighted by Gasteiger charge is 2.34. The maximum absolute atomic E-state index is 12.9. The van der Waals surface area contributed by atoms with E-state index in [1.54, 1.807) is 6.20 Å². The van der Waals surface area contributed by atoms with E-state index in [2.05, 4.69) is 10.4 Å². The monoisotopic (exact) mass is 319 g/mol. The van der Waals surface area contributed by atoms with Crippen LogP contribution in [-0.2, 0) is 19.3 Å². The molecular formula is C13H13ClF3N3O. The maximum atomic E-state index is 12.9. The standard InChI is InChI=1S/C13H13ClF3N3O/c14-11-3-1-2-10(13(15,16)17)12(11)18-6-9-7-19-20(8-9)4-5-21/h1-3,7-8,18,21H,4-6H2. The van der Waals surface area contributed by atoms with E-state index in [-0.39, 0.29) is 23.9 Å². The lowest BCUT2D eigenvalue weighted by molar-refractivity contribution is -0.136. The minimum absolute atomic E-state index is 0.00701. The molecule has 0 unspecified atom stereocenters. The number of aliphatic hydroxyl groups excluding tert-OH is 1. The van der Waals surface area contributed by atoms with Gasteiger partial charge in [-0.3, -0.25) is 4.68 Å². The zero-order valence-electron chi connectivity index (χ0n) is 10.9. The number of anilines is 1. The average Bonchev–Trinajstić information content (AvgIpc) is 2.84. The summed E-state index contributed by atoms with van der Waals surface area (Å²) in [7, 11) is 0. The van der Waals surface area contributed by atoms with E-state index in [9.17, 15) is 13.2 Å². The second-order valence-corrected chi connectivity index (χ2v) is 4.76. The molecule has 0 aliphatic heterocycles. The Bertz CT molecular complexity index is 613. The highest BCUT2D eigenvalue weighted by Crippen LogP contribution is 2.38. The van der Waals surface area contributed by atoms with Crippen molar-refractivity contribution in [2.75, 3.05) is 11.9 Å². The van der Waals surface area contributed by atoms with Crippen LogP contribution in [0, 0.1) is 0 Å². The molecule has 0 radical (unpaired) electrons. The maximum Gasteiger partial charge on any atom is 0.418 e. The van der Waals surface area contributed by atoms with Crippen molar-refractivity contribution < 1.29 is 18.3 Å². The zero-order valence-corrected chi connectivity index (χ0v) is 11.6. The van der Waals surface area contributed by atoms with Gasteiger partial charge in [0.15, 0.2) is 0 Å². The Morgan fingerprint density at radius 3 is 2.76 bits per heavy atom. The van der Waals surface area contributed by atoms with Gasteiger partial charge in [0.25, 0.3) is 0 Å². The van der Waals surface area contributed by atoms with Crippen LogP contribution in [0.4, 0.5) is 18.9 Å². The quantitative estimate of drug-likeness (QED) is 0.890. The van der Waals surface area contributed by atoms with E-state index >= 15 is 0 Å². The summed E-state index contributed by atoms with van der Waals surface area (Å²) in [6, 6.07) is 3.63. The van der Waals surface area contributed by atoms with Gasteiger partial charge < -0.3 is 10.4 Å². The molecule has 0 spiro atoms. The predicted molar refractivity (Wildman–Crippen MR) is 73.1 cm³/mol. The molecule has 0 fully saturated rings. The fourth-order valence-corrected chi connectivity index (χ4v) is 2.09. The summed E-state index contributed by atoms with van der Waals surface area (Å²) < 4.78 is 40.3. The van der Waals surface area contributed by atoms with E-state index in [0.29, 0.717) is 12.1 Å². The molecule has 0 amide bonds. The average molecular weight is 320 g/mol. The third kappa shape index (κ3) is 3.89. The molecule has 1 aromatic carbocycles. The largest absolute Gasteiger partial charge is 0.418 e. The molecule has 0 atom stereocenters. The van der Waals surface area contributed by atoms with Crippen molar-refractivity contribution in [3.63, 3.8) is 0 Å². The minimum Gasteiger partial charge on any atom is -0.394 e. The number of alkyl halides is 3. The summed E-state index contributed by atoms with van der Waals surface area (Å²) in [6.07, 6.45) is -1.31. The van der Waals surface area contributed by atoms with E-state index in [1.807, 2.05) is 0 Å². The lowest BCUT2D eigenvalue weighted by atomic mass is 10.1. The first kappa shape index (κ1) is 15.7. The van der Waals surface area contributed by atoms with E-state index in [4.69, 9.17) is 16.7 Å². The molecule has 1 aromatic heterocycles. The molecule has 0 aliphatic rings. The van der Waals surface area contributed by atoms with Gasteiger partial charge in [0, 0.05) is 18.3 Å². The van der Waals surface area contributed by atoms with Gasteiger partial charge in [0.1, 0.15) is 0 Å². The summed E-state index contributed by atoms with van der Waals surface area (Å²) >= 11 is 5.84. The molecule has 2 N–H and O–H groups in total. The Hall–Kier alpha value is -1.73.